The average Bonchev–Trinajstić information content (AvgIpc) is 2.48. The van der Waals surface area contributed by atoms with Gasteiger partial charge >= 0.3 is 0 Å². The van der Waals surface area contributed by atoms with Crippen molar-refractivity contribution in [1.29, 1.82) is 0 Å². The molecule has 0 bridgehead atoms. The Labute approximate surface area is 125 Å². The quantitative estimate of drug-likeness (QED) is 0.779. The van der Waals surface area contributed by atoms with Gasteiger partial charge in [-0.05, 0) is 49.9 Å². The van der Waals surface area contributed by atoms with Crippen molar-refractivity contribution in [1.82, 2.24) is 5.32 Å². The Bertz CT molecular complexity index is 484. The van der Waals surface area contributed by atoms with Gasteiger partial charge in [-0.3, -0.25) is 4.79 Å². The van der Waals surface area contributed by atoms with Crippen molar-refractivity contribution in [3.8, 4) is 11.5 Å². The van der Waals surface area contributed by atoms with Crippen LogP contribution in [0.4, 0.5) is 5.69 Å². The predicted octanol–water partition coefficient (Wildman–Crippen LogP) is 2.37. The number of carbonyl (C=O) groups excluding carboxylic acids is 1. The van der Waals surface area contributed by atoms with Crippen LogP contribution < -0.4 is 15.4 Å². The van der Waals surface area contributed by atoms with Crippen molar-refractivity contribution < 1.29 is 14.6 Å². The summed E-state index contributed by atoms with van der Waals surface area (Å²) in [4.78, 5) is 12.1. The predicted molar refractivity (Wildman–Crippen MR) is 82.7 cm³/mol. The third-order valence-corrected chi connectivity index (χ3v) is 4.11. The maximum absolute atomic E-state index is 12.1. The summed E-state index contributed by atoms with van der Waals surface area (Å²) in [7, 11) is 1.49. The Morgan fingerprint density at radius 2 is 2.38 bits per heavy atom. The molecule has 5 heteroatoms. The summed E-state index contributed by atoms with van der Waals surface area (Å²) in [6.07, 6.45) is 2.87. The molecule has 1 amide bonds. The first-order valence-electron chi connectivity index (χ1n) is 7.47. The van der Waals surface area contributed by atoms with E-state index >= 15 is 0 Å². The number of methoxy groups -OCH3 is 1. The molecule has 2 atom stereocenters. The van der Waals surface area contributed by atoms with Gasteiger partial charge in [0.25, 0.3) is 0 Å². The summed E-state index contributed by atoms with van der Waals surface area (Å²) < 4.78 is 4.98. The van der Waals surface area contributed by atoms with Gasteiger partial charge < -0.3 is 20.5 Å². The summed E-state index contributed by atoms with van der Waals surface area (Å²) >= 11 is 0. The zero-order valence-electron chi connectivity index (χ0n) is 12.7. The highest BCUT2D eigenvalue weighted by Gasteiger charge is 2.22. The van der Waals surface area contributed by atoms with Crippen LogP contribution in [-0.4, -0.2) is 31.2 Å². The van der Waals surface area contributed by atoms with Crippen molar-refractivity contribution in [2.24, 2.45) is 11.8 Å². The molecule has 0 radical (unpaired) electrons. The topological polar surface area (TPSA) is 70.6 Å². The van der Waals surface area contributed by atoms with Crippen molar-refractivity contribution >= 4 is 11.6 Å². The maximum atomic E-state index is 12.1. The fourth-order valence-corrected chi connectivity index (χ4v) is 2.80. The molecule has 5 nitrogen and oxygen atoms in total. The van der Waals surface area contributed by atoms with Crippen molar-refractivity contribution in [3.05, 3.63) is 18.2 Å². The summed E-state index contributed by atoms with van der Waals surface area (Å²) in [5.41, 5.74) is 0.590. The summed E-state index contributed by atoms with van der Waals surface area (Å²) in [5.74, 6) is 1.32. The zero-order valence-corrected chi connectivity index (χ0v) is 12.7. The molecule has 0 spiro atoms. The van der Waals surface area contributed by atoms with E-state index in [0.29, 0.717) is 29.7 Å². The highest BCUT2D eigenvalue weighted by Crippen LogP contribution is 2.29. The van der Waals surface area contributed by atoms with Crippen LogP contribution in [0.2, 0.25) is 0 Å². The zero-order chi connectivity index (χ0) is 15.2. The van der Waals surface area contributed by atoms with Gasteiger partial charge in [-0.25, -0.2) is 0 Å². The molecule has 21 heavy (non-hydrogen) atoms. The number of ether oxygens (including phenoxy) is 1. The smallest absolute Gasteiger partial charge is 0.224 e. The first-order valence-corrected chi connectivity index (χ1v) is 7.47. The molecule has 0 saturated carbocycles. The van der Waals surface area contributed by atoms with E-state index < -0.39 is 0 Å². The molecular weight excluding hydrogens is 268 g/mol. The Morgan fingerprint density at radius 1 is 1.57 bits per heavy atom. The van der Waals surface area contributed by atoms with Crippen molar-refractivity contribution in [2.45, 2.75) is 26.2 Å². The number of piperidine rings is 1. The van der Waals surface area contributed by atoms with Gasteiger partial charge in [-0.2, -0.15) is 0 Å². The Kier molecular flexibility index (Phi) is 5.44. The molecule has 1 aliphatic heterocycles. The van der Waals surface area contributed by atoms with E-state index in [4.69, 9.17) is 4.74 Å². The third kappa shape index (κ3) is 4.36. The van der Waals surface area contributed by atoms with Crippen molar-refractivity contribution in [2.75, 3.05) is 25.5 Å². The van der Waals surface area contributed by atoms with E-state index in [-0.39, 0.29) is 11.7 Å². The Balaban J connectivity index is 1.87. The number of benzene rings is 1. The average molecular weight is 292 g/mol. The molecule has 116 valence electrons. The number of rotatable bonds is 5. The number of phenolic OH excluding ortho intramolecular Hbond substituents is 1. The highest BCUT2D eigenvalue weighted by molar-refractivity contribution is 5.91. The standard InChI is InChI=1S/C16H24N2O3/c1-11(12-4-3-7-17-10-12)8-16(20)18-13-5-6-15(21-2)14(19)9-13/h5-6,9,11-12,17,19H,3-4,7-8,10H2,1-2H3,(H,18,20). The van der Waals surface area contributed by atoms with E-state index in [1.807, 2.05) is 0 Å². The molecule has 2 unspecified atom stereocenters. The first-order chi connectivity index (χ1) is 10.1. The second kappa shape index (κ2) is 7.31. The van der Waals surface area contributed by atoms with E-state index in [1.165, 1.54) is 26.0 Å². The molecular formula is C16H24N2O3. The number of hydrogen-bond donors (Lipinski definition) is 3. The second-order valence-corrected chi connectivity index (χ2v) is 5.72. The van der Waals surface area contributed by atoms with E-state index in [0.717, 1.165) is 13.1 Å². The summed E-state index contributed by atoms with van der Waals surface area (Å²) in [5, 5.41) is 15.9. The lowest BCUT2D eigenvalue weighted by Gasteiger charge is -2.28. The van der Waals surface area contributed by atoms with Gasteiger partial charge in [0.1, 0.15) is 0 Å². The van der Waals surface area contributed by atoms with Crippen LogP contribution in [0, 0.1) is 11.8 Å². The molecule has 1 aliphatic rings. The Hall–Kier alpha value is -1.75. The molecule has 1 fully saturated rings. The van der Waals surface area contributed by atoms with Crippen LogP contribution in [0.1, 0.15) is 26.2 Å². The number of carbonyl (C=O) groups is 1. The highest BCUT2D eigenvalue weighted by atomic mass is 16.5. The lowest BCUT2D eigenvalue weighted by molar-refractivity contribution is -0.117. The van der Waals surface area contributed by atoms with Crippen LogP contribution >= 0.6 is 0 Å². The van der Waals surface area contributed by atoms with Crippen LogP contribution in [0.3, 0.4) is 0 Å². The minimum absolute atomic E-state index is 0.0161. The lowest BCUT2D eigenvalue weighted by Crippen LogP contribution is -2.34. The molecule has 1 aromatic carbocycles. The minimum atomic E-state index is -0.0161. The van der Waals surface area contributed by atoms with Crippen LogP contribution in [-0.2, 0) is 4.79 Å². The normalized spacial score (nSPS) is 19.8. The van der Waals surface area contributed by atoms with E-state index in [1.54, 1.807) is 12.1 Å². The number of aromatic hydroxyl groups is 1. The molecule has 1 aromatic rings. The SMILES string of the molecule is COc1ccc(NC(=O)CC(C)C2CCCNC2)cc1O. The van der Waals surface area contributed by atoms with Gasteiger partial charge in [0.15, 0.2) is 11.5 Å². The molecule has 0 aliphatic carbocycles. The summed E-state index contributed by atoms with van der Waals surface area (Å²) in [6.45, 7) is 4.21. The van der Waals surface area contributed by atoms with Gasteiger partial charge in [-0.1, -0.05) is 6.92 Å². The third-order valence-electron chi connectivity index (χ3n) is 4.11. The van der Waals surface area contributed by atoms with E-state index in [9.17, 15) is 9.90 Å². The molecule has 0 aromatic heterocycles. The van der Waals surface area contributed by atoms with Gasteiger partial charge in [0.05, 0.1) is 7.11 Å². The summed E-state index contributed by atoms with van der Waals surface area (Å²) in [6, 6.07) is 4.87. The number of amides is 1. The molecule has 2 rings (SSSR count). The van der Waals surface area contributed by atoms with Crippen LogP contribution in [0.25, 0.3) is 0 Å². The number of anilines is 1. The molecule has 1 saturated heterocycles. The fourth-order valence-electron chi connectivity index (χ4n) is 2.80. The molecule has 1 heterocycles. The lowest BCUT2D eigenvalue weighted by atomic mass is 9.85. The van der Waals surface area contributed by atoms with Gasteiger partial charge in [0, 0.05) is 18.2 Å². The Morgan fingerprint density at radius 3 is 3.00 bits per heavy atom. The number of nitrogens with one attached hydrogen (secondary N) is 2. The monoisotopic (exact) mass is 292 g/mol. The fraction of sp³-hybridized carbons (Fsp3) is 0.562. The first kappa shape index (κ1) is 15.6. The number of phenols is 1. The number of hydrogen-bond acceptors (Lipinski definition) is 4. The molecule has 3 N–H and O–H groups in total. The maximum Gasteiger partial charge on any atom is 0.224 e. The van der Waals surface area contributed by atoms with Gasteiger partial charge in [-0.15, -0.1) is 0 Å². The largest absolute Gasteiger partial charge is 0.504 e. The van der Waals surface area contributed by atoms with E-state index in [2.05, 4.69) is 17.6 Å². The van der Waals surface area contributed by atoms with Gasteiger partial charge in [0.2, 0.25) is 5.91 Å². The minimum Gasteiger partial charge on any atom is -0.504 e. The second-order valence-electron chi connectivity index (χ2n) is 5.72. The van der Waals surface area contributed by atoms with Crippen LogP contribution in [0.15, 0.2) is 18.2 Å². The van der Waals surface area contributed by atoms with Crippen molar-refractivity contribution in [3.63, 3.8) is 0 Å². The van der Waals surface area contributed by atoms with Crippen LogP contribution in [0.5, 0.6) is 11.5 Å².